The Morgan fingerprint density at radius 2 is 1.65 bits per heavy atom. The van der Waals surface area contributed by atoms with Gasteiger partial charge in [0.2, 0.25) is 0 Å². The molecule has 138 valence electrons. The van der Waals surface area contributed by atoms with Crippen molar-refractivity contribution in [3.63, 3.8) is 0 Å². The van der Waals surface area contributed by atoms with Gasteiger partial charge in [-0.25, -0.2) is 4.99 Å². The number of rotatable bonds is 3. The van der Waals surface area contributed by atoms with Crippen LogP contribution in [-0.4, -0.2) is 42.5 Å². The minimum atomic E-state index is -4.69. The molecule has 0 spiro atoms. The van der Waals surface area contributed by atoms with Gasteiger partial charge in [0.05, 0.1) is 15.5 Å². The molecule has 0 amide bonds. The summed E-state index contributed by atoms with van der Waals surface area (Å²) in [5.41, 5.74) is -0.151. The predicted octanol–water partition coefficient (Wildman–Crippen LogP) is 1.46. The first-order valence-corrected chi connectivity index (χ1v) is 10.6. The van der Waals surface area contributed by atoms with E-state index < -0.39 is 35.8 Å². The van der Waals surface area contributed by atoms with Crippen LogP contribution in [-0.2, 0) is 20.2 Å². The molecule has 26 heavy (non-hydrogen) atoms. The van der Waals surface area contributed by atoms with Gasteiger partial charge in [0, 0.05) is 11.5 Å². The van der Waals surface area contributed by atoms with Gasteiger partial charge in [-0.15, -0.1) is 0 Å². The van der Waals surface area contributed by atoms with Gasteiger partial charge in [-0.2, -0.15) is 22.1 Å². The van der Waals surface area contributed by atoms with Crippen LogP contribution in [0.2, 0.25) is 0 Å². The monoisotopic (exact) mass is 417 g/mol. The van der Waals surface area contributed by atoms with E-state index in [1.807, 2.05) is 0 Å². The molecule has 0 aromatic heterocycles. The number of phenols is 1. The molecule has 10 nitrogen and oxygen atoms in total. The van der Waals surface area contributed by atoms with Gasteiger partial charge >= 0.3 is 0 Å². The van der Waals surface area contributed by atoms with Crippen molar-refractivity contribution in [1.29, 1.82) is 5.26 Å². The number of thioether (sulfide) groups is 1. The van der Waals surface area contributed by atoms with Crippen molar-refractivity contribution in [1.82, 2.24) is 5.32 Å². The van der Waals surface area contributed by atoms with E-state index in [-0.39, 0.29) is 21.6 Å². The second-order valence-electron chi connectivity index (χ2n) is 4.79. The molecular formula is C13H11N3O7S3. The molecule has 0 fully saturated rings. The molecule has 0 radical (unpaired) electrons. The lowest BCUT2D eigenvalue weighted by molar-refractivity contribution is 0.471. The first kappa shape index (κ1) is 19.9. The van der Waals surface area contributed by atoms with Crippen molar-refractivity contribution < 1.29 is 31.0 Å². The van der Waals surface area contributed by atoms with Crippen molar-refractivity contribution in [3.8, 4) is 11.9 Å². The van der Waals surface area contributed by atoms with Gasteiger partial charge in [-0.3, -0.25) is 14.4 Å². The molecular weight excluding hydrogens is 406 g/mol. The Kier molecular flexibility index (Phi) is 5.44. The van der Waals surface area contributed by atoms with Crippen LogP contribution in [0, 0.1) is 11.5 Å². The van der Waals surface area contributed by atoms with Crippen molar-refractivity contribution in [3.05, 3.63) is 24.3 Å². The number of benzene rings is 2. The number of nitriles is 1. The maximum absolute atomic E-state index is 11.5. The van der Waals surface area contributed by atoms with E-state index in [1.165, 1.54) is 0 Å². The molecule has 0 aliphatic rings. The Morgan fingerprint density at radius 3 is 2.12 bits per heavy atom. The standard InChI is InChI=1S/C13H11N3O7S3/c1-24-13(15-6-14)16-10-4-8(25(18,19)20)2-7-3-9(26(21,22)23)5-11(17)12(7)10/h2-5,17H,1H3,(H,15,16)(H,18,19,20)(H,21,22,23). The predicted molar refractivity (Wildman–Crippen MR) is 94.6 cm³/mol. The Bertz CT molecular complexity index is 1160. The molecule has 2 aromatic carbocycles. The van der Waals surface area contributed by atoms with Gasteiger partial charge in [0.15, 0.2) is 11.4 Å². The highest BCUT2D eigenvalue weighted by Gasteiger charge is 2.19. The highest BCUT2D eigenvalue weighted by molar-refractivity contribution is 8.13. The zero-order chi connectivity index (χ0) is 19.7. The second kappa shape index (κ2) is 7.09. The number of nitrogens with zero attached hydrogens (tertiary/aromatic N) is 2. The van der Waals surface area contributed by atoms with Crippen LogP contribution in [0.4, 0.5) is 5.69 Å². The first-order chi connectivity index (χ1) is 12.0. The summed E-state index contributed by atoms with van der Waals surface area (Å²) >= 11 is 1.01. The first-order valence-electron chi connectivity index (χ1n) is 6.51. The summed E-state index contributed by atoms with van der Waals surface area (Å²) in [7, 11) is -9.37. The summed E-state index contributed by atoms with van der Waals surface area (Å²) in [6.07, 6.45) is 3.21. The summed E-state index contributed by atoms with van der Waals surface area (Å²) < 4.78 is 64.0. The van der Waals surface area contributed by atoms with Crippen molar-refractivity contribution in [2.75, 3.05) is 6.26 Å². The molecule has 4 N–H and O–H groups in total. The van der Waals surface area contributed by atoms with Crippen LogP contribution >= 0.6 is 11.8 Å². The van der Waals surface area contributed by atoms with Crippen molar-refractivity contribution in [2.24, 2.45) is 4.99 Å². The second-order valence-corrected chi connectivity index (χ2v) is 8.43. The van der Waals surface area contributed by atoms with E-state index in [9.17, 15) is 26.5 Å². The highest BCUT2D eigenvalue weighted by atomic mass is 32.2. The van der Waals surface area contributed by atoms with E-state index in [1.54, 1.807) is 12.4 Å². The normalized spacial score (nSPS) is 12.8. The topological polar surface area (TPSA) is 177 Å². The van der Waals surface area contributed by atoms with Crippen LogP contribution in [0.1, 0.15) is 0 Å². The number of aromatic hydroxyl groups is 1. The number of nitrogens with one attached hydrogen (secondary N) is 1. The third-order valence-electron chi connectivity index (χ3n) is 3.13. The summed E-state index contributed by atoms with van der Waals surface area (Å²) in [6, 6.07) is 3.53. The minimum absolute atomic E-state index is 0.0453. The number of hydrogen-bond acceptors (Lipinski definition) is 8. The molecule has 0 heterocycles. The molecule has 13 heteroatoms. The Morgan fingerprint density at radius 1 is 1.12 bits per heavy atom. The fourth-order valence-corrected chi connectivity index (χ4v) is 3.49. The zero-order valence-electron chi connectivity index (χ0n) is 12.9. The SMILES string of the molecule is CSC(=Nc1cc(S(=O)(=O)O)cc2cc(S(=O)(=O)O)cc(O)c12)NC#N. The number of hydrogen-bond donors (Lipinski definition) is 4. The lowest BCUT2D eigenvalue weighted by Gasteiger charge is -2.10. The van der Waals surface area contributed by atoms with Gasteiger partial charge < -0.3 is 5.11 Å². The van der Waals surface area contributed by atoms with Crippen LogP contribution in [0.25, 0.3) is 10.8 Å². The van der Waals surface area contributed by atoms with Crippen molar-refractivity contribution >= 4 is 53.6 Å². The lowest BCUT2D eigenvalue weighted by Crippen LogP contribution is -2.12. The molecule has 2 aromatic rings. The van der Waals surface area contributed by atoms with E-state index in [0.717, 1.165) is 36.0 Å². The average molecular weight is 417 g/mol. The van der Waals surface area contributed by atoms with Gasteiger partial charge in [0.1, 0.15) is 5.75 Å². The largest absolute Gasteiger partial charge is 0.507 e. The third-order valence-corrected chi connectivity index (χ3v) is 5.37. The van der Waals surface area contributed by atoms with Gasteiger partial charge in [-0.1, -0.05) is 11.8 Å². The van der Waals surface area contributed by atoms with Crippen LogP contribution < -0.4 is 5.32 Å². The summed E-state index contributed by atoms with van der Waals surface area (Å²) in [6.45, 7) is 0. The van der Waals surface area contributed by atoms with Crippen LogP contribution in [0.5, 0.6) is 5.75 Å². The number of aliphatic imine (C=N–C) groups is 1. The highest BCUT2D eigenvalue weighted by Crippen LogP contribution is 2.38. The fourth-order valence-electron chi connectivity index (χ4n) is 2.08. The molecule has 0 saturated heterocycles. The van der Waals surface area contributed by atoms with Crippen LogP contribution in [0.15, 0.2) is 39.0 Å². The van der Waals surface area contributed by atoms with E-state index in [0.29, 0.717) is 0 Å². The summed E-state index contributed by atoms with van der Waals surface area (Å²) in [5, 5.41) is 21.0. The zero-order valence-corrected chi connectivity index (χ0v) is 15.4. The molecule has 0 bridgehead atoms. The number of fused-ring (bicyclic) bond motifs is 1. The molecule has 0 atom stereocenters. The Labute approximate surface area is 152 Å². The quantitative estimate of drug-likeness (QED) is 0.188. The van der Waals surface area contributed by atoms with E-state index >= 15 is 0 Å². The molecule has 0 aliphatic carbocycles. The minimum Gasteiger partial charge on any atom is -0.507 e. The van der Waals surface area contributed by atoms with Crippen LogP contribution in [0.3, 0.4) is 0 Å². The van der Waals surface area contributed by atoms with Gasteiger partial charge in [0.25, 0.3) is 20.2 Å². The Hall–Kier alpha value is -2.37. The molecule has 0 unspecified atom stereocenters. The number of phenolic OH excluding ortho intramolecular Hbond substituents is 1. The van der Waals surface area contributed by atoms with E-state index in [4.69, 9.17) is 9.81 Å². The Balaban J connectivity index is 2.96. The molecule has 0 aliphatic heterocycles. The lowest BCUT2D eigenvalue weighted by atomic mass is 10.1. The van der Waals surface area contributed by atoms with Gasteiger partial charge in [-0.05, 0) is 29.8 Å². The molecule has 2 rings (SSSR count). The van der Waals surface area contributed by atoms with E-state index in [2.05, 4.69) is 10.3 Å². The average Bonchev–Trinajstić information content (AvgIpc) is 2.51. The van der Waals surface area contributed by atoms with Crippen molar-refractivity contribution in [2.45, 2.75) is 9.79 Å². The summed E-state index contributed by atoms with van der Waals surface area (Å²) in [5.74, 6) is -0.604. The maximum Gasteiger partial charge on any atom is 0.294 e. The number of amidine groups is 1. The fraction of sp³-hybridized carbons (Fsp3) is 0.0769. The smallest absolute Gasteiger partial charge is 0.294 e. The third kappa shape index (κ3) is 4.23. The maximum atomic E-state index is 11.5. The molecule has 0 saturated carbocycles. The summed E-state index contributed by atoms with van der Waals surface area (Å²) in [4.78, 5) is 2.73.